The van der Waals surface area contributed by atoms with Gasteiger partial charge in [-0.25, -0.2) is 0 Å². The minimum atomic E-state index is -0.456. The van der Waals surface area contributed by atoms with Crippen LogP contribution in [0.15, 0.2) is 36.4 Å². The number of alkyl halides is 1. The van der Waals surface area contributed by atoms with Crippen LogP contribution in [0.5, 0.6) is 0 Å². The number of halogens is 1. The lowest BCUT2D eigenvalue weighted by molar-refractivity contribution is -0.147. The van der Waals surface area contributed by atoms with Crippen molar-refractivity contribution in [2.24, 2.45) is 5.92 Å². The number of esters is 1. The first-order valence-corrected chi connectivity index (χ1v) is 12.7. The third-order valence-electron chi connectivity index (χ3n) is 6.29. The number of benzene rings is 1. The smallest absolute Gasteiger partial charge is 0.306 e. The van der Waals surface area contributed by atoms with E-state index < -0.39 is 12.2 Å². The predicted octanol–water partition coefficient (Wildman–Crippen LogP) is 6.44. The molecule has 1 aliphatic rings. The minimum Gasteiger partial charge on any atom is -0.463 e. The Labute approximate surface area is 199 Å². The molecule has 5 atom stereocenters. The van der Waals surface area contributed by atoms with Crippen LogP contribution in [0.3, 0.4) is 0 Å². The number of ether oxygens (including phenoxy) is 1. The zero-order chi connectivity index (χ0) is 23.5. The average molecular weight is 465 g/mol. The summed E-state index contributed by atoms with van der Waals surface area (Å²) in [6, 6.07) is 8.06. The molecule has 2 N–H and O–H groups in total. The first kappa shape index (κ1) is 26.9. The van der Waals surface area contributed by atoms with E-state index in [1.165, 1.54) is 0 Å². The fourth-order valence-corrected chi connectivity index (χ4v) is 5.02. The molecule has 0 aliphatic heterocycles. The molecule has 5 heteroatoms. The Bertz CT molecular complexity index is 700. The van der Waals surface area contributed by atoms with Crippen molar-refractivity contribution in [2.45, 2.75) is 108 Å². The van der Waals surface area contributed by atoms with Gasteiger partial charge < -0.3 is 14.9 Å². The third-order valence-corrected chi connectivity index (χ3v) is 6.79. The Hall–Kier alpha value is -1.36. The molecule has 0 saturated heterocycles. The normalized spacial score (nSPS) is 24.3. The van der Waals surface area contributed by atoms with E-state index in [-0.39, 0.29) is 29.3 Å². The van der Waals surface area contributed by atoms with Crippen molar-refractivity contribution in [3.8, 4) is 0 Å². The van der Waals surface area contributed by atoms with Crippen LogP contribution < -0.4 is 0 Å². The van der Waals surface area contributed by atoms with E-state index in [9.17, 15) is 15.0 Å². The molecule has 1 aromatic carbocycles. The van der Waals surface area contributed by atoms with Crippen LogP contribution in [0, 0.1) is 5.92 Å². The van der Waals surface area contributed by atoms with Gasteiger partial charge in [0.25, 0.3) is 0 Å². The summed E-state index contributed by atoms with van der Waals surface area (Å²) in [7, 11) is 0. The number of allylic oxidation sites excluding steroid dienone is 2. The summed E-state index contributed by atoms with van der Waals surface area (Å²) in [6.45, 7) is 5.87. The molecule has 0 spiro atoms. The lowest BCUT2D eigenvalue weighted by atomic mass is 9.84. The van der Waals surface area contributed by atoms with Crippen LogP contribution in [-0.4, -0.2) is 33.8 Å². The number of hydrogen-bond donors (Lipinski definition) is 2. The zero-order valence-electron chi connectivity index (χ0n) is 19.9. The van der Waals surface area contributed by atoms with Crippen LogP contribution in [0.25, 0.3) is 0 Å². The van der Waals surface area contributed by atoms with Gasteiger partial charge in [-0.05, 0) is 63.0 Å². The first-order valence-electron chi connectivity index (χ1n) is 12.3. The molecule has 0 radical (unpaired) electrons. The van der Waals surface area contributed by atoms with E-state index in [1.807, 2.05) is 38.1 Å². The van der Waals surface area contributed by atoms with Crippen LogP contribution in [-0.2, 0) is 9.53 Å². The summed E-state index contributed by atoms with van der Waals surface area (Å²) in [5.74, 6) is 0.00994. The number of carbonyl (C=O) groups is 1. The van der Waals surface area contributed by atoms with Crippen molar-refractivity contribution in [2.75, 3.05) is 0 Å². The van der Waals surface area contributed by atoms with Gasteiger partial charge in [-0.3, -0.25) is 4.79 Å². The van der Waals surface area contributed by atoms with Gasteiger partial charge in [-0.1, -0.05) is 62.6 Å². The fraction of sp³-hybridized carbons (Fsp3) is 0.667. The highest BCUT2D eigenvalue weighted by molar-refractivity contribution is 6.21. The standard InChI is InChI=1S/C27H41ClO4/c1-4-5-8-12-24(29)20-14-16-21(17-15-20)27-22(23(28)18-25(27)30)11-9-6-7-10-13-26(31)32-19(2)3/h6,9,14-17,19,22-25,27,29-30H,4-5,7-8,10-13,18H2,1-3H3/b9-6-/t22-,23+,24-,25+,27+/m0/s1. The maximum Gasteiger partial charge on any atom is 0.306 e. The van der Waals surface area contributed by atoms with Crippen molar-refractivity contribution < 1.29 is 19.7 Å². The molecule has 1 saturated carbocycles. The summed E-state index contributed by atoms with van der Waals surface area (Å²) >= 11 is 6.61. The molecule has 1 aliphatic carbocycles. The second kappa shape index (κ2) is 14.0. The van der Waals surface area contributed by atoms with E-state index in [0.29, 0.717) is 12.8 Å². The molecule has 1 fully saturated rings. The van der Waals surface area contributed by atoms with E-state index in [0.717, 1.165) is 56.1 Å². The van der Waals surface area contributed by atoms with Gasteiger partial charge in [0.2, 0.25) is 0 Å². The van der Waals surface area contributed by atoms with E-state index in [4.69, 9.17) is 16.3 Å². The molecule has 2 rings (SSSR count). The van der Waals surface area contributed by atoms with Crippen LogP contribution in [0.1, 0.15) is 102 Å². The van der Waals surface area contributed by atoms with Gasteiger partial charge in [0.15, 0.2) is 0 Å². The highest BCUT2D eigenvalue weighted by Gasteiger charge is 2.41. The molecule has 0 aromatic heterocycles. The molecule has 0 unspecified atom stereocenters. The lowest BCUT2D eigenvalue weighted by Crippen LogP contribution is -2.18. The second-order valence-electron chi connectivity index (χ2n) is 9.32. The molecular formula is C27H41ClO4. The number of aliphatic hydroxyl groups is 2. The van der Waals surface area contributed by atoms with Crippen molar-refractivity contribution in [1.29, 1.82) is 0 Å². The number of aliphatic hydroxyl groups excluding tert-OH is 2. The molecular weight excluding hydrogens is 424 g/mol. The number of carbonyl (C=O) groups excluding carboxylic acids is 1. The van der Waals surface area contributed by atoms with Crippen molar-refractivity contribution in [3.63, 3.8) is 0 Å². The Balaban J connectivity index is 1.89. The summed E-state index contributed by atoms with van der Waals surface area (Å²) in [5, 5.41) is 21.0. The Kier molecular flexibility index (Phi) is 11.8. The van der Waals surface area contributed by atoms with Crippen molar-refractivity contribution in [3.05, 3.63) is 47.5 Å². The Morgan fingerprint density at radius 1 is 1.19 bits per heavy atom. The van der Waals surface area contributed by atoms with Gasteiger partial charge in [-0.2, -0.15) is 0 Å². The van der Waals surface area contributed by atoms with Crippen LogP contribution in [0.2, 0.25) is 0 Å². The average Bonchev–Trinajstić information content (AvgIpc) is 3.03. The Morgan fingerprint density at radius 2 is 1.91 bits per heavy atom. The van der Waals surface area contributed by atoms with Crippen LogP contribution >= 0.6 is 11.6 Å². The maximum atomic E-state index is 11.6. The maximum absolute atomic E-state index is 11.6. The molecule has 0 amide bonds. The largest absolute Gasteiger partial charge is 0.463 e. The van der Waals surface area contributed by atoms with Gasteiger partial charge in [-0.15, -0.1) is 11.6 Å². The van der Waals surface area contributed by atoms with Crippen molar-refractivity contribution in [1.82, 2.24) is 0 Å². The van der Waals surface area contributed by atoms with Gasteiger partial charge in [0.1, 0.15) is 0 Å². The highest BCUT2D eigenvalue weighted by atomic mass is 35.5. The monoisotopic (exact) mass is 464 g/mol. The SMILES string of the molecule is CCCCC[C@H](O)c1ccc([C@@H]2[C@@H](C/C=C\CCCC(=O)OC(C)C)[C@H](Cl)C[C@H]2O)cc1. The molecule has 0 heterocycles. The summed E-state index contributed by atoms with van der Waals surface area (Å²) in [6.07, 6.45) is 10.8. The van der Waals surface area contributed by atoms with E-state index in [1.54, 1.807) is 0 Å². The summed E-state index contributed by atoms with van der Waals surface area (Å²) in [5.41, 5.74) is 2.02. The van der Waals surface area contributed by atoms with Gasteiger partial charge in [0, 0.05) is 17.7 Å². The first-order chi connectivity index (χ1) is 15.3. The molecule has 32 heavy (non-hydrogen) atoms. The van der Waals surface area contributed by atoms with Crippen LogP contribution in [0.4, 0.5) is 0 Å². The Morgan fingerprint density at radius 3 is 2.56 bits per heavy atom. The molecule has 0 bridgehead atoms. The topological polar surface area (TPSA) is 66.8 Å². The summed E-state index contributed by atoms with van der Waals surface area (Å²) in [4.78, 5) is 11.6. The highest BCUT2D eigenvalue weighted by Crippen LogP contribution is 2.45. The fourth-order valence-electron chi connectivity index (χ4n) is 4.58. The number of unbranched alkanes of at least 4 members (excludes halogenated alkanes) is 3. The summed E-state index contributed by atoms with van der Waals surface area (Å²) < 4.78 is 5.15. The number of rotatable bonds is 13. The lowest BCUT2D eigenvalue weighted by Gasteiger charge is -2.23. The predicted molar refractivity (Wildman–Crippen MR) is 131 cm³/mol. The molecule has 4 nitrogen and oxygen atoms in total. The molecule has 180 valence electrons. The number of hydrogen-bond acceptors (Lipinski definition) is 4. The third kappa shape index (κ3) is 8.53. The quantitative estimate of drug-likeness (QED) is 0.152. The van der Waals surface area contributed by atoms with Gasteiger partial charge >= 0.3 is 5.97 Å². The molecule has 1 aromatic rings. The van der Waals surface area contributed by atoms with E-state index >= 15 is 0 Å². The minimum absolute atomic E-state index is 0.00514. The van der Waals surface area contributed by atoms with E-state index in [2.05, 4.69) is 19.1 Å². The second-order valence-corrected chi connectivity index (χ2v) is 9.89. The van der Waals surface area contributed by atoms with Gasteiger partial charge in [0.05, 0.1) is 18.3 Å². The zero-order valence-corrected chi connectivity index (χ0v) is 20.6. The van der Waals surface area contributed by atoms with Crippen molar-refractivity contribution >= 4 is 17.6 Å².